The molecule has 0 saturated carbocycles. The van der Waals surface area contributed by atoms with Gasteiger partial charge in [-0.1, -0.05) is 33.4 Å². The summed E-state index contributed by atoms with van der Waals surface area (Å²) in [6, 6.07) is 7.10. The highest BCUT2D eigenvalue weighted by Crippen LogP contribution is 2.40. The third kappa shape index (κ3) is 4.32. The number of nitrogens with one attached hydrogen (secondary N) is 2. The van der Waals surface area contributed by atoms with Crippen LogP contribution in [0, 0.1) is 6.92 Å². The molecule has 36 heavy (non-hydrogen) atoms. The fourth-order valence-electron chi connectivity index (χ4n) is 6.07. The smallest absolute Gasteiger partial charge is 0.158 e. The van der Waals surface area contributed by atoms with Gasteiger partial charge < -0.3 is 15.2 Å². The lowest BCUT2D eigenvalue weighted by Crippen LogP contribution is -2.32. The lowest BCUT2D eigenvalue weighted by molar-refractivity contribution is 0.256. The Hall–Kier alpha value is -3.12. The summed E-state index contributed by atoms with van der Waals surface area (Å²) in [5, 5.41) is 9.05. The molecule has 4 heterocycles. The SMILES string of the molecule is C=C(CCNC)N1CCC(c2ccc3[nH]c(-c4cn5ncnc5c(C)c4CC)c(C(C)C)c3c2)CC1. The Kier molecular flexibility index (Phi) is 6.89. The van der Waals surface area contributed by atoms with Gasteiger partial charge in [0.05, 0.1) is 5.69 Å². The van der Waals surface area contributed by atoms with Gasteiger partial charge in [0.1, 0.15) is 6.33 Å². The monoisotopic (exact) mass is 484 g/mol. The highest BCUT2D eigenvalue weighted by molar-refractivity contribution is 5.92. The number of benzene rings is 1. The average Bonchev–Trinajstić information content (AvgIpc) is 3.51. The molecule has 6 heteroatoms. The van der Waals surface area contributed by atoms with Crippen LogP contribution in [-0.2, 0) is 6.42 Å². The first-order valence-electron chi connectivity index (χ1n) is 13.5. The van der Waals surface area contributed by atoms with E-state index in [-0.39, 0.29) is 0 Å². The summed E-state index contributed by atoms with van der Waals surface area (Å²) in [5.41, 5.74) is 11.3. The van der Waals surface area contributed by atoms with Gasteiger partial charge in [0.2, 0.25) is 0 Å². The minimum Gasteiger partial charge on any atom is -0.375 e. The van der Waals surface area contributed by atoms with Crippen molar-refractivity contribution in [1.82, 2.24) is 29.8 Å². The number of nitrogens with zero attached hydrogens (tertiary/aromatic N) is 4. The molecule has 1 fully saturated rings. The Labute approximate surface area is 214 Å². The zero-order valence-electron chi connectivity index (χ0n) is 22.5. The van der Waals surface area contributed by atoms with Crippen LogP contribution in [0.4, 0.5) is 0 Å². The molecule has 1 aromatic carbocycles. The van der Waals surface area contributed by atoms with Crippen LogP contribution in [0.2, 0.25) is 0 Å². The van der Waals surface area contributed by atoms with Crippen LogP contribution in [0.3, 0.4) is 0 Å². The van der Waals surface area contributed by atoms with Gasteiger partial charge in [-0.2, -0.15) is 5.10 Å². The molecule has 5 rings (SSSR count). The first-order chi connectivity index (χ1) is 17.4. The molecule has 0 radical (unpaired) electrons. The number of fused-ring (bicyclic) bond motifs is 2. The lowest BCUT2D eigenvalue weighted by Gasteiger charge is -2.35. The molecule has 2 N–H and O–H groups in total. The molecule has 0 amide bonds. The van der Waals surface area contributed by atoms with Gasteiger partial charge in [0.25, 0.3) is 0 Å². The number of piperidine rings is 1. The summed E-state index contributed by atoms with van der Waals surface area (Å²) in [6.45, 7) is 16.5. The summed E-state index contributed by atoms with van der Waals surface area (Å²) in [6.07, 6.45) is 8.15. The van der Waals surface area contributed by atoms with Crippen LogP contribution in [0.5, 0.6) is 0 Å². The zero-order chi connectivity index (χ0) is 25.4. The van der Waals surface area contributed by atoms with E-state index in [1.54, 1.807) is 6.33 Å². The number of aryl methyl sites for hydroxylation is 1. The van der Waals surface area contributed by atoms with Gasteiger partial charge in [-0.3, -0.25) is 0 Å². The van der Waals surface area contributed by atoms with E-state index >= 15 is 0 Å². The van der Waals surface area contributed by atoms with Crippen molar-refractivity contribution >= 4 is 16.6 Å². The molecule has 0 unspecified atom stereocenters. The van der Waals surface area contributed by atoms with E-state index in [1.807, 2.05) is 11.6 Å². The molecule has 0 aliphatic carbocycles. The van der Waals surface area contributed by atoms with Crippen molar-refractivity contribution in [1.29, 1.82) is 0 Å². The molecule has 4 aromatic rings. The van der Waals surface area contributed by atoms with Crippen LogP contribution >= 0.6 is 0 Å². The van der Waals surface area contributed by atoms with E-state index in [9.17, 15) is 0 Å². The van der Waals surface area contributed by atoms with Gasteiger partial charge in [-0.05, 0) is 85.9 Å². The van der Waals surface area contributed by atoms with Crippen LogP contribution < -0.4 is 5.32 Å². The second-order valence-corrected chi connectivity index (χ2v) is 10.6. The highest BCUT2D eigenvalue weighted by Gasteiger charge is 2.24. The number of likely N-dealkylation sites (tertiary alicyclic amines) is 1. The number of H-pyrrole nitrogens is 1. The molecule has 1 aliphatic heterocycles. The van der Waals surface area contributed by atoms with E-state index in [0.717, 1.165) is 38.1 Å². The summed E-state index contributed by atoms with van der Waals surface area (Å²) < 4.78 is 1.92. The van der Waals surface area contributed by atoms with Gasteiger partial charge in [-0.25, -0.2) is 9.50 Å². The van der Waals surface area contributed by atoms with E-state index in [2.05, 4.69) is 84.0 Å². The van der Waals surface area contributed by atoms with Gasteiger partial charge in [-0.15, -0.1) is 0 Å². The summed E-state index contributed by atoms with van der Waals surface area (Å²) in [7, 11) is 2.00. The fourth-order valence-corrected chi connectivity index (χ4v) is 6.07. The first kappa shape index (κ1) is 24.6. The second kappa shape index (κ2) is 10.1. The molecule has 0 bridgehead atoms. The maximum absolute atomic E-state index is 4.49. The van der Waals surface area contributed by atoms with Crippen molar-refractivity contribution in [3.63, 3.8) is 0 Å². The molecule has 1 aliphatic rings. The maximum atomic E-state index is 4.49. The third-order valence-corrected chi connectivity index (χ3v) is 8.08. The number of hydrogen-bond donors (Lipinski definition) is 2. The summed E-state index contributed by atoms with van der Waals surface area (Å²) in [4.78, 5) is 10.8. The molecule has 190 valence electrons. The standard InChI is InChI=1S/C30H40N6/c1-7-24-21(5)30-32-18-33-36(30)17-26(24)29-28(19(2)3)25-16-23(8-9-27(25)34-29)22-11-14-35(15-12-22)20(4)10-13-31-6/h8-9,16-19,22,31,34H,4,7,10-15H2,1-3,5-6H3. The molecule has 0 atom stereocenters. The van der Waals surface area contributed by atoms with Crippen molar-refractivity contribution < 1.29 is 0 Å². The minimum absolute atomic E-state index is 0.401. The van der Waals surface area contributed by atoms with Gasteiger partial charge in [0, 0.05) is 48.0 Å². The molecule has 0 spiro atoms. The van der Waals surface area contributed by atoms with Crippen molar-refractivity contribution in [3.8, 4) is 11.3 Å². The fraction of sp³-hybridized carbons (Fsp3) is 0.467. The average molecular weight is 485 g/mol. The van der Waals surface area contributed by atoms with E-state index in [1.165, 1.54) is 63.0 Å². The van der Waals surface area contributed by atoms with Crippen molar-refractivity contribution in [2.24, 2.45) is 0 Å². The van der Waals surface area contributed by atoms with Gasteiger partial charge in [0.15, 0.2) is 5.65 Å². The summed E-state index contributed by atoms with van der Waals surface area (Å²) in [5.74, 6) is 0.999. The van der Waals surface area contributed by atoms with Crippen LogP contribution in [-0.4, -0.2) is 51.2 Å². The van der Waals surface area contributed by atoms with Crippen molar-refractivity contribution in [3.05, 3.63) is 65.3 Å². The van der Waals surface area contributed by atoms with Gasteiger partial charge >= 0.3 is 0 Å². The minimum atomic E-state index is 0.401. The van der Waals surface area contributed by atoms with E-state index in [0.29, 0.717) is 11.8 Å². The maximum Gasteiger partial charge on any atom is 0.158 e. The Morgan fingerprint density at radius 2 is 2.03 bits per heavy atom. The second-order valence-electron chi connectivity index (χ2n) is 10.6. The Morgan fingerprint density at radius 1 is 1.25 bits per heavy atom. The predicted octanol–water partition coefficient (Wildman–Crippen LogP) is 6.17. The van der Waals surface area contributed by atoms with Crippen LogP contribution in [0.15, 0.2) is 43.0 Å². The van der Waals surface area contributed by atoms with E-state index < -0.39 is 0 Å². The van der Waals surface area contributed by atoms with Crippen LogP contribution in [0.1, 0.15) is 74.1 Å². The largest absolute Gasteiger partial charge is 0.375 e. The number of pyridine rings is 1. The molecule has 1 saturated heterocycles. The van der Waals surface area contributed by atoms with Crippen molar-refractivity contribution in [2.45, 2.75) is 65.2 Å². The van der Waals surface area contributed by atoms with E-state index in [4.69, 9.17) is 0 Å². The molecular formula is C30H40N6. The molecular weight excluding hydrogens is 444 g/mol. The number of rotatable bonds is 8. The summed E-state index contributed by atoms with van der Waals surface area (Å²) >= 11 is 0. The zero-order valence-corrected chi connectivity index (χ0v) is 22.5. The number of hydrogen-bond acceptors (Lipinski definition) is 4. The molecule has 3 aromatic heterocycles. The Bertz CT molecular complexity index is 1380. The topological polar surface area (TPSA) is 61.2 Å². The first-order valence-corrected chi connectivity index (χ1v) is 13.5. The third-order valence-electron chi connectivity index (χ3n) is 8.08. The van der Waals surface area contributed by atoms with Crippen LogP contribution in [0.25, 0.3) is 27.8 Å². The van der Waals surface area contributed by atoms with Crippen molar-refractivity contribution in [2.75, 3.05) is 26.7 Å². The lowest BCUT2D eigenvalue weighted by atomic mass is 9.87. The molecule has 6 nitrogen and oxygen atoms in total. The quantitative estimate of drug-likeness (QED) is 0.314. The number of aromatic amines is 1. The predicted molar refractivity (Wildman–Crippen MR) is 150 cm³/mol. The number of aromatic nitrogens is 4. The Balaban J connectivity index is 1.50. The highest BCUT2D eigenvalue weighted by atomic mass is 15.3. The normalized spacial score (nSPS) is 15.0. The Morgan fingerprint density at radius 3 is 2.72 bits per heavy atom.